The molecule has 0 spiro atoms. The molecule has 3 aromatic rings. The Morgan fingerprint density at radius 2 is 1.27 bits per heavy atom. The summed E-state index contributed by atoms with van der Waals surface area (Å²) in [4.78, 5) is 24.7. The molecule has 6 heteroatoms. The Labute approximate surface area is 220 Å². The van der Waals surface area contributed by atoms with Crippen LogP contribution in [0.2, 0.25) is 0 Å². The van der Waals surface area contributed by atoms with Crippen molar-refractivity contribution >= 4 is 23.2 Å². The van der Waals surface area contributed by atoms with Gasteiger partial charge in [0, 0.05) is 17.8 Å². The molecule has 3 aromatic carbocycles. The topological polar surface area (TPSA) is 87.7 Å². The van der Waals surface area contributed by atoms with Gasteiger partial charge in [0.2, 0.25) is 5.91 Å². The van der Waals surface area contributed by atoms with Crippen molar-refractivity contribution in [3.63, 3.8) is 0 Å². The maximum Gasteiger partial charge on any atom is 0.262 e. The average molecular weight is 503 g/mol. The fourth-order valence-electron chi connectivity index (χ4n) is 3.97. The molecule has 0 fully saturated rings. The summed E-state index contributed by atoms with van der Waals surface area (Å²) < 4.78 is 5.55. The van der Waals surface area contributed by atoms with Gasteiger partial charge in [0.15, 0.2) is 6.61 Å². The number of ether oxygens (including phenoxy) is 1. The van der Waals surface area contributed by atoms with Gasteiger partial charge >= 0.3 is 0 Å². The van der Waals surface area contributed by atoms with E-state index < -0.39 is 0 Å². The number of nitrogens with one attached hydrogen (secondary N) is 2. The summed E-state index contributed by atoms with van der Waals surface area (Å²) >= 11 is 0. The zero-order valence-electron chi connectivity index (χ0n) is 22.6. The van der Waals surface area contributed by atoms with Crippen LogP contribution in [0.25, 0.3) is 0 Å². The monoisotopic (exact) mass is 502 g/mol. The van der Waals surface area contributed by atoms with E-state index in [2.05, 4.69) is 52.2 Å². The van der Waals surface area contributed by atoms with Crippen molar-refractivity contribution in [2.24, 2.45) is 0 Å². The van der Waals surface area contributed by atoms with E-state index in [1.807, 2.05) is 42.5 Å². The van der Waals surface area contributed by atoms with Crippen LogP contribution < -0.4 is 15.4 Å². The molecule has 0 aliphatic rings. The molecule has 0 atom stereocenters. The molecule has 0 aliphatic carbocycles. The Balaban J connectivity index is 1.55. The molecule has 6 nitrogen and oxygen atoms in total. The van der Waals surface area contributed by atoms with E-state index in [-0.39, 0.29) is 29.3 Å². The molecular weight excluding hydrogens is 464 g/mol. The van der Waals surface area contributed by atoms with Crippen LogP contribution in [0.3, 0.4) is 0 Å². The Hall–Kier alpha value is -3.80. The number of phenolic OH excluding ortho intramolecular Hbond substituents is 1. The molecule has 0 heterocycles. The number of hydrogen-bond donors (Lipinski definition) is 3. The third-order valence-electron chi connectivity index (χ3n) is 5.99. The summed E-state index contributed by atoms with van der Waals surface area (Å²) in [5, 5.41) is 16.6. The number of carbonyl (C=O) groups is 2. The maximum atomic E-state index is 12.6. The number of aromatic hydroxyl groups is 1. The Morgan fingerprint density at radius 3 is 1.81 bits per heavy atom. The fourth-order valence-corrected chi connectivity index (χ4v) is 3.97. The van der Waals surface area contributed by atoms with E-state index in [1.165, 1.54) is 0 Å². The zero-order valence-corrected chi connectivity index (χ0v) is 22.6. The molecule has 0 radical (unpaired) electrons. The van der Waals surface area contributed by atoms with Crippen LogP contribution in [-0.4, -0.2) is 23.5 Å². The van der Waals surface area contributed by atoms with Crippen LogP contribution in [0.4, 0.5) is 11.4 Å². The number of phenols is 1. The van der Waals surface area contributed by atoms with Crippen molar-refractivity contribution in [3.05, 3.63) is 83.4 Å². The highest BCUT2D eigenvalue weighted by molar-refractivity contribution is 5.92. The van der Waals surface area contributed by atoms with Gasteiger partial charge in [-0.1, -0.05) is 71.9 Å². The fraction of sp³-hybridized carbons (Fsp3) is 0.355. The van der Waals surface area contributed by atoms with Gasteiger partial charge in [-0.3, -0.25) is 9.59 Å². The number of rotatable bonds is 8. The minimum Gasteiger partial charge on any atom is -0.507 e. The minimum absolute atomic E-state index is 0.0985. The number of para-hydroxylation sites is 1. The molecule has 0 aliphatic heterocycles. The first-order valence-corrected chi connectivity index (χ1v) is 12.6. The predicted molar refractivity (Wildman–Crippen MR) is 149 cm³/mol. The summed E-state index contributed by atoms with van der Waals surface area (Å²) in [5.41, 5.74) is 3.75. The first-order chi connectivity index (χ1) is 17.3. The molecule has 37 heavy (non-hydrogen) atoms. The second kappa shape index (κ2) is 11.5. The van der Waals surface area contributed by atoms with E-state index >= 15 is 0 Å². The lowest BCUT2D eigenvalue weighted by atomic mass is 9.78. The van der Waals surface area contributed by atoms with E-state index in [9.17, 15) is 14.7 Å². The second-order valence-electron chi connectivity index (χ2n) is 11.3. The van der Waals surface area contributed by atoms with Crippen LogP contribution in [0.15, 0.2) is 66.7 Å². The predicted octanol–water partition coefficient (Wildman–Crippen LogP) is 6.58. The molecule has 3 rings (SSSR count). The van der Waals surface area contributed by atoms with Crippen molar-refractivity contribution in [1.82, 2.24) is 0 Å². The van der Waals surface area contributed by atoms with Gasteiger partial charge in [-0.2, -0.15) is 0 Å². The number of amides is 2. The Bertz CT molecular complexity index is 1190. The SMILES string of the molecule is CC(C)(C)c1cc(CCC(=O)Nc2ccc(OCC(=O)Nc3ccccc3)cc2)cc(C(C)(C)C)c1O. The van der Waals surface area contributed by atoms with Gasteiger partial charge in [-0.15, -0.1) is 0 Å². The third kappa shape index (κ3) is 8.10. The van der Waals surface area contributed by atoms with Crippen molar-refractivity contribution in [3.8, 4) is 11.5 Å². The number of carbonyl (C=O) groups excluding carboxylic acids is 2. The second-order valence-corrected chi connectivity index (χ2v) is 11.3. The highest BCUT2D eigenvalue weighted by Crippen LogP contribution is 2.40. The molecule has 196 valence electrons. The Morgan fingerprint density at radius 1 is 0.757 bits per heavy atom. The lowest BCUT2D eigenvalue weighted by Gasteiger charge is -2.28. The van der Waals surface area contributed by atoms with Crippen LogP contribution in [0, 0.1) is 0 Å². The maximum absolute atomic E-state index is 12.6. The number of aryl methyl sites for hydroxylation is 1. The molecule has 0 bridgehead atoms. The van der Waals surface area contributed by atoms with E-state index in [0.29, 0.717) is 35.7 Å². The molecular formula is C31H38N2O4. The van der Waals surface area contributed by atoms with Crippen LogP contribution in [0.5, 0.6) is 11.5 Å². The van der Waals surface area contributed by atoms with Gasteiger partial charge < -0.3 is 20.5 Å². The summed E-state index contributed by atoms with van der Waals surface area (Å²) in [5.74, 6) is 0.531. The van der Waals surface area contributed by atoms with E-state index in [1.54, 1.807) is 24.3 Å². The minimum atomic E-state index is -0.248. The van der Waals surface area contributed by atoms with Gasteiger partial charge in [0.25, 0.3) is 5.91 Å². The average Bonchev–Trinajstić information content (AvgIpc) is 2.82. The highest BCUT2D eigenvalue weighted by atomic mass is 16.5. The van der Waals surface area contributed by atoms with E-state index in [0.717, 1.165) is 16.7 Å². The van der Waals surface area contributed by atoms with Gasteiger partial charge in [-0.05, 0) is 70.3 Å². The van der Waals surface area contributed by atoms with Crippen LogP contribution in [-0.2, 0) is 26.8 Å². The van der Waals surface area contributed by atoms with Crippen molar-refractivity contribution in [1.29, 1.82) is 0 Å². The smallest absolute Gasteiger partial charge is 0.262 e. The lowest BCUT2D eigenvalue weighted by Crippen LogP contribution is -2.20. The molecule has 2 amide bonds. The number of anilines is 2. The first kappa shape index (κ1) is 27.8. The largest absolute Gasteiger partial charge is 0.507 e. The van der Waals surface area contributed by atoms with E-state index in [4.69, 9.17) is 4.74 Å². The standard InChI is InChI=1S/C31H38N2O4/c1-30(2,3)25-18-21(19-26(29(25)36)31(4,5)6)12-17-27(34)32-23-13-15-24(16-14-23)37-20-28(35)33-22-10-8-7-9-11-22/h7-11,13-16,18-19,36H,12,17,20H2,1-6H3,(H,32,34)(H,33,35). The number of hydrogen-bond acceptors (Lipinski definition) is 4. The van der Waals surface area contributed by atoms with Gasteiger partial charge in [-0.25, -0.2) is 0 Å². The highest BCUT2D eigenvalue weighted by Gasteiger charge is 2.26. The molecule has 3 N–H and O–H groups in total. The lowest BCUT2D eigenvalue weighted by molar-refractivity contribution is -0.118. The van der Waals surface area contributed by atoms with Crippen molar-refractivity contribution in [2.75, 3.05) is 17.2 Å². The summed E-state index contributed by atoms with van der Waals surface area (Å²) in [6.07, 6.45) is 0.881. The molecule has 0 aromatic heterocycles. The molecule has 0 unspecified atom stereocenters. The van der Waals surface area contributed by atoms with Crippen molar-refractivity contribution < 1.29 is 19.4 Å². The zero-order chi connectivity index (χ0) is 27.2. The summed E-state index contributed by atoms with van der Waals surface area (Å²) in [6, 6.07) is 20.2. The quantitative estimate of drug-likeness (QED) is 0.325. The summed E-state index contributed by atoms with van der Waals surface area (Å²) in [6.45, 7) is 12.4. The molecule has 0 saturated carbocycles. The third-order valence-corrected chi connectivity index (χ3v) is 5.99. The van der Waals surface area contributed by atoms with Gasteiger partial charge in [0.1, 0.15) is 11.5 Å². The normalized spacial score (nSPS) is 11.6. The van der Waals surface area contributed by atoms with Crippen LogP contribution >= 0.6 is 0 Å². The number of benzene rings is 3. The van der Waals surface area contributed by atoms with Crippen molar-refractivity contribution in [2.45, 2.75) is 65.2 Å². The Kier molecular flexibility index (Phi) is 8.64. The molecule has 0 saturated heterocycles. The van der Waals surface area contributed by atoms with Crippen LogP contribution in [0.1, 0.15) is 64.7 Å². The van der Waals surface area contributed by atoms with Gasteiger partial charge in [0.05, 0.1) is 0 Å². The first-order valence-electron chi connectivity index (χ1n) is 12.6. The summed E-state index contributed by atoms with van der Waals surface area (Å²) in [7, 11) is 0.